The number of hydrogen-bond acceptors (Lipinski definition) is 5. The highest BCUT2D eigenvalue weighted by Gasteiger charge is 2.21. The first-order valence-electron chi connectivity index (χ1n) is 10.4. The second kappa shape index (κ2) is 8.92. The van der Waals surface area contributed by atoms with Crippen LogP contribution >= 0.6 is 0 Å². The van der Waals surface area contributed by atoms with Crippen LogP contribution in [-0.2, 0) is 11.2 Å². The van der Waals surface area contributed by atoms with Gasteiger partial charge in [-0.25, -0.2) is 4.39 Å². The van der Waals surface area contributed by atoms with Crippen molar-refractivity contribution in [2.24, 2.45) is 0 Å². The van der Waals surface area contributed by atoms with Crippen LogP contribution in [0.2, 0.25) is 0 Å². The molecule has 6 nitrogen and oxygen atoms in total. The predicted octanol–water partition coefficient (Wildman–Crippen LogP) is 2.77. The number of nitrogens with zero attached hydrogens (tertiary/aromatic N) is 2. The smallest absolute Gasteiger partial charge is 0.224 e. The van der Waals surface area contributed by atoms with E-state index < -0.39 is 0 Å². The molecule has 0 radical (unpaired) electrons. The van der Waals surface area contributed by atoms with Crippen molar-refractivity contribution in [3.05, 3.63) is 53.3 Å². The van der Waals surface area contributed by atoms with Crippen LogP contribution in [0.15, 0.2) is 36.4 Å². The molecule has 2 aliphatic heterocycles. The van der Waals surface area contributed by atoms with Crippen LogP contribution in [0.25, 0.3) is 0 Å². The topological polar surface area (TPSA) is 54.0 Å². The third kappa shape index (κ3) is 4.67. The Hall–Kier alpha value is -2.80. The monoisotopic (exact) mass is 413 g/mol. The van der Waals surface area contributed by atoms with Gasteiger partial charge in [0.15, 0.2) is 11.5 Å². The Kier molecular flexibility index (Phi) is 6.08. The van der Waals surface area contributed by atoms with E-state index in [1.54, 1.807) is 0 Å². The number of benzene rings is 2. The molecule has 1 N–H and O–H groups in total. The van der Waals surface area contributed by atoms with Crippen LogP contribution in [0.3, 0.4) is 0 Å². The van der Waals surface area contributed by atoms with E-state index >= 15 is 0 Å². The lowest BCUT2D eigenvalue weighted by atomic mass is 10.0. The average molecular weight is 413 g/mol. The number of anilines is 1. The maximum atomic E-state index is 14.0. The highest BCUT2D eigenvalue weighted by atomic mass is 19.1. The number of nitrogens with one attached hydrogen (secondary N) is 1. The lowest BCUT2D eigenvalue weighted by Gasteiger charge is -2.36. The number of rotatable bonds is 5. The molecule has 0 bridgehead atoms. The van der Waals surface area contributed by atoms with Crippen LogP contribution in [-0.4, -0.2) is 57.2 Å². The molecule has 2 heterocycles. The van der Waals surface area contributed by atoms with Gasteiger partial charge in [-0.1, -0.05) is 6.07 Å². The number of hydrogen-bond donors (Lipinski definition) is 1. The molecule has 30 heavy (non-hydrogen) atoms. The van der Waals surface area contributed by atoms with E-state index in [1.807, 2.05) is 31.2 Å². The summed E-state index contributed by atoms with van der Waals surface area (Å²) in [4.78, 5) is 17.2. The summed E-state index contributed by atoms with van der Waals surface area (Å²) in [5.41, 5.74) is 2.63. The Labute approximate surface area is 176 Å². The minimum Gasteiger partial charge on any atom is -0.486 e. The number of carbonyl (C=O) groups is 1. The summed E-state index contributed by atoms with van der Waals surface area (Å²) in [5.74, 6) is 0.959. The molecule has 0 saturated carbocycles. The van der Waals surface area contributed by atoms with Crippen molar-refractivity contribution in [2.45, 2.75) is 19.4 Å². The zero-order valence-corrected chi connectivity index (χ0v) is 17.5. The van der Waals surface area contributed by atoms with E-state index in [0.29, 0.717) is 24.7 Å². The van der Waals surface area contributed by atoms with E-state index in [0.717, 1.165) is 43.0 Å². The van der Waals surface area contributed by atoms with Crippen molar-refractivity contribution in [1.82, 2.24) is 10.2 Å². The van der Waals surface area contributed by atoms with Gasteiger partial charge in [0.05, 0.1) is 12.5 Å². The van der Waals surface area contributed by atoms with E-state index in [1.165, 1.54) is 12.1 Å². The SMILES string of the molecule is CC(NC(=O)Cc1ccc2c(c1)OCCO2)c1cc(F)ccc1N1CCN(C)CC1. The maximum absolute atomic E-state index is 14.0. The van der Waals surface area contributed by atoms with E-state index in [2.05, 4.69) is 22.2 Å². The van der Waals surface area contributed by atoms with Gasteiger partial charge in [0.1, 0.15) is 19.0 Å². The molecule has 160 valence electrons. The number of piperazine rings is 1. The average Bonchev–Trinajstić information content (AvgIpc) is 2.74. The highest BCUT2D eigenvalue weighted by molar-refractivity contribution is 5.79. The fourth-order valence-electron chi connectivity index (χ4n) is 3.96. The van der Waals surface area contributed by atoms with Crippen LogP contribution in [0.1, 0.15) is 24.1 Å². The minimum atomic E-state index is -0.305. The molecule has 0 spiro atoms. The zero-order valence-electron chi connectivity index (χ0n) is 17.5. The molecule has 2 aromatic rings. The van der Waals surface area contributed by atoms with Gasteiger partial charge in [-0.05, 0) is 49.9 Å². The summed E-state index contributed by atoms with van der Waals surface area (Å²) in [6.45, 7) is 6.63. The molecule has 1 fully saturated rings. The van der Waals surface area contributed by atoms with Crippen molar-refractivity contribution < 1.29 is 18.7 Å². The fourth-order valence-corrected chi connectivity index (χ4v) is 3.96. The van der Waals surface area contributed by atoms with E-state index in [9.17, 15) is 9.18 Å². The van der Waals surface area contributed by atoms with Gasteiger partial charge in [0.25, 0.3) is 0 Å². The molecule has 1 atom stereocenters. The van der Waals surface area contributed by atoms with Crippen LogP contribution in [0.4, 0.5) is 10.1 Å². The van der Waals surface area contributed by atoms with Gasteiger partial charge in [0, 0.05) is 37.4 Å². The molecule has 1 unspecified atom stereocenters. The number of amides is 1. The first kappa shape index (κ1) is 20.5. The number of likely N-dealkylation sites (N-methyl/N-ethyl adjacent to an activating group) is 1. The van der Waals surface area contributed by atoms with Crippen LogP contribution < -0.4 is 19.7 Å². The Morgan fingerprint density at radius 2 is 1.80 bits per heavy atom. The molecule has 1 amide bonds. The standard InChI is InChI=1S/C23H28FN3O3/c1-16(19-15-18(24)4-5-20(19)27-9-7-26(2)8-10-27)25-23(28)14-17-3-6-21-22(13-17)30-12-11-29-21/h3-6,13,15-16H,7-12,14H2,1-2H3,(H,25,28). The first-order valence-corrected chi connectivity index (χ1v) is 10.4. The Morgan fingerprint density at radius 3 is 2.57 bits per heavy atom. The normalized spacial score (nSPS) is 17.5. The van der Waals surface area contributed by atoms with Crippen molar-refractivity contribution in [3.63, 3.8) is 0 Å². The van der Waals surface area contributed by atoms with Crippen LogP contribution in [0.5, 0.6) is 11.5 Å². The fraction of sp³-hybridized carbons (Fsp3) is 0.435. The summed E-state index contributed by atoms with van der Waals surface area (Å²) >= 11 is 0. The summed E-state index contributed by atoms with van der Waals surface area (Å²) in [6, 6.07) is 10.1. The summed E-state index contributed by atoms with van der Waals surface area (Å²) in [7, 11) is 2.10. The maximum Gasteiger partial charge on any atom is 0.224 e. The summed E-state index contributed by atoms with van der Waals surface area (Å²) in [6.07, 6.45) is 0.222. The second-order valence-corrected chi connectivity index (χ2v) is 7.94. The minimum absolute atomic E-state index is 0.118. The Balaban J connectivity index is 1.45. The van der Waals surface area contributed by atoms with Gasteiger partial charge >= 0.3 is 0 Å². The highest BCUT2D eigenvalue weighted by Crippen LogP contribution is 2.31. The number of ether oxygens (including phenoxy) is 2. The van der Waals surface area contributed by atoms with Crippen LogP contribution in [0, 0.1) is 5.82 Å². The molecule has 2 aromatic carbocycles. The lowest BCUT2D eigenvalue weighted by Crippen LogP contribution is -2.45. The molecule has 0 aliphatic carbocycles. The Bertz CT molecular complexity index is 913. The van der Waals surface area contributed by atoms with Gasteiger partial charge < -0.3 is 24.6 Å². The van der Waals surface area contributed by atoms with Crippen molar-refractivity contribution >= 4 is 11.6 Å². The van der Waals surface area contributed by atoms with Gasteiger partial charge in [-0.15, -0.1) is 0 Å². The van der Waals surface area contributed by atoms with E-state index in [4.69, 9.17) is 9.47 Å². The molecule has 0 aromatic heterocycles. The zero-order chi connectivity index (χ0) is 21.1. The lowest BCUT2D eigenvalue weighted by molar-refractivity contribution is -0.121. The van der Waals surface area contributed by atoms with Crippen molar-refractivity contribution in [1.29, 1.82) is 0 Å². The molecule has 7 heteroatoms. The Morgan fingerprint density at radius 1 is 1.07 bits per heavy atom. The molecule has 4 rings (SSSR count). The van der Waals surface area contributed by atoms with Gasteiger partial charge in [-0.2, -0.15) is 0 Å². The number of halogens is 1. The molecular formula is C23H28FN3O3. The predicted molar refractivity (Wildman–Crippen MR) is 114 cm³/mol. The quantitative estimate of drug-likeness (QED) is 0.817. The van der Waals surface area contributed by atoms with E-state index in [-0.39, 0.29) is 24.2 Å². The molecule has 2 aliphatic rings. The number of carbonyl (C=O) groups excluding carboxylic acids is 1. The molecular weight excluding hydrogens is 385 g/mol. The largest absolute Gasteiger partial charge is 0.486 e. The summed E-state index contributed by atoms with van der Waals surface area (Å²) in [5, 5.41) is 3.03. The van der Waals surface area contributed by atoms with Crippen molar-refractivity contribution in [3.8, 4) is 11.5 Å². The van der Waals surface area contributed by atoms with Crippen molar-refractivity contribution in [2.75, 3.05) is 51.3 Å². The molecule has 1 saturated heterocycles. The first-order chi connectivity index (χ1) is 14.5. The third-order valence-corrected chi connectivity index (χ3v) is 5.65. The second-order valence-electron chi connectivity index (χ2n) is 7.94. The number of fused-ring (bicyclic) bond motifs is 1. The summed E-state index contributed by atoms with van der Waals surface area (Å²) < 4.78 is 25.1. The van der Waals surface area contributed by atoms with Gasteiger partial charge in [0.2, 0.25) is 5.91 Å². The third-order valence-electron chi connectivity index (χ3n) is 5.65. The van der Waals surface area contributed by atoms with Gasteiger partial charge in [-0.3, -0.25) is 4.79 Å².